The molecule has 8 nitrogen and oxygen atoms in total. The van der Waals surface area contributed by atoms with Gasteiger partial charge in [0.1, 0.15) is 28.6 Å². The highest BCUT2D eigenvalue weighted by Crippen LogP contribution is 2.39. The molecule has 2 atom stereocenters. The summed E-state index contributed by atoms with van der Waals surface area (Å²) >= 11 is 0. The van der Waals surface area contributed by atoms with Crippen molar-refractivity contribution in [2.75, 3.05) is 25.1 Å². The number of benzene rings is 2. The quantitative estimate of drug-likeness (QED) is 0.0865. The highest BCUT2D eigenvalue weighted by atomic mass is 19.1. The van der Waals surface area contributed by atoms with E-state index < -0.39 is 17.6 Å². The average Bonchev–Trinajstić information content (AvgIpc) is 3.39. The van der Waals surface area contributed by atoms with Crippen molar-refractivity contribution in [1.29, 1.82) is 0 Å². The molecule has 4 aromatic rings. The first-order chi connectivity index (χ1) is 21.9. The van der Waals surface area contributed by atoms with Crippen molar-refractivity contribution in [3.63, 3.8) is 0 Å². The number of halogens is 2. The second-order valence-electron chi connectivity index (χ2n) is 11.9. The number of aromatic nitrogens is 3. The molecule has 2 bridgehead atoms. The SMILES string of the molecule is C#Cc1c(F)ccc2cc(OC(=O)CCCCCCCC)cc(-c3ncc4c(N5CC6CCC(C5)N6)nc(OC)nc4c3F)c12. The molecule has 2 aliphatic heterocycles. The number of carbonyl (C=O) groups excluding carboxylic acids is 1. The zero-order valence-electron chi connectivity index (χ0n) is 25.7. The van der Waals surface area contributed by atoms with Crippen LogP contribution in [0.5, 0.6) is 11.8 Å². The van der Waals surface area contributed by atoms with Gasteiger partial charge in [0.05, 0.1) is 18.1 Å². The van der Waals surface area contributed by atoms with E-state index in [1.54, 1.807) is 6.07 Å². The molecule has 234 valence electrons. The molecule has 2 aromatic carbocycles. The zero-order valence-corrected chi connectivity index (χ0v) is 25.7. The molecule has 10 heteroatoms. The molecule has 0 saturated carbocycles. The van der Waals surface area contributed by atoms with Crippen LogP contribution in [0, 0.1) is 24.0 Å². The average molecular weight is 614 g/mol. The van der Waals surface area contributed by atoms with Crippen LogP contribution in [0.15, 0.2) is 30.5 Å². The standard InChI is InChI=1S/C35H37F2N5O3/c1-4-6-7-8-9-10-11-29(43)45-24-16-21-12-15-28(36)25(5-2)30(21)26(17-24)32-31(37)33-27(18-38-32)34(41-35(40-33)44-3)42-19-22-13-14-23(20-42)39-22/h2,12,15-18,22-23,39H,4,6-11,13-14,19-20H2,1,3H3. The Morgan fingerprint density at radius 2 is 1.84 bits per heavy atom. The number of fused-ring (bicyclic) bond motifs is 4. The van der Waals surface area contributed by atoms with Crippen molar-refractivity contribution in [3.05, 3.63) is 47.7 Å². The fourth-order valence-corrected chi connectivity index (χ4v) is 6.54. The Labute approximate surface area is 261 Å². The van der Waals surface area contributed by atoms with E-state index in [0.29, 0.717) is 34.1 Å². The minimum atomic E-state index is -0.739. The smallest absolute Gasteiger partial charge is 0.318 e. The summed E-state index contributed by atoms with van der Waals surface area (Å²) in [6.07, 6.45) is 15.9. The molecule has 0 radical (unpaired) electrons. The second kappa shape index (κ2) is 13.3. The van der Waals surface area contributed by atoms with Crippen LogP contribution < -0.4 is 19.7 Å². The third-order valence-corrected chi connectivity index (χ3v) is 8.75. The van der Waals surface area contributed by atoms with Crippen LogP contribution >= 0.6 is 0 Å². The molecule has 2 aromatic heterocycles. The highest BCUT2D eigenvalue weighted by Gasteiger charge is 2.34. The lowest BCUT2D eigenvalue weighted by Gasteiger charge is -2.34. The van der Waals surface area contributed by atoms with Gasteiger partial charge in [-0.15, -0.1) is 6.42 Å². The maximum absolute atomic E-state index is 16.6. The Morgan fingerprint density at radius 1 is 1.09 bits per heavy atom. The Kier molecular flexibility index (Phi) is 9.08. The largest absolute Gasteiger partial charge is 0.467 e. The first-order valence-corrected chi connectivity index (χ1v) is 15.7. The lowest BCUT2D eigenvalue weighted by Crippen LogP contribution is -2.51. The summed E-state index contributed by atoms with van der Waals surface area (Å²) < 4.78 is 42.7. The molecule has 4 heterocycles. The minimum absolute atomic E-state index is 0.0185. The van der Waals surface area contributed by atoms with Gasteiger partial charge in [-0.25, -0.2) is 8.78 Å². The van der Waals surface area contributed by atoms with Crippen LogP contribution in [0.25, 0.3) is 32.9 Å². The van der Waals surface area contributed by atoms with Gasteiger partial charge in [0, 0.05) is 48.7 Å². The molecule has 2 aliphatic rings. The molecule has 2 unspecified atom stereocenters. The molecule has 2 saturated heterocycles. The number of anilines is 1. The van der Waals surface area contributed by atoms with Crippen molar-refractivity contribution in [2.24, 2.45) is 0 Å². The van der Waals surface area contributed by atoms with E-state index in [1.165, 1.54) is 37.9 Å². The van der Waals surface area contributed by atoms with Crippen LogP contribution in [0.2, 0.25) is 0 Å². The van der Waals surface area contributed by atoms with Gasteiger partial charge < -0.3 is 19.7 Å². The van der Waals surface area contributed by atoms with Crippen molar-refractivity contribution in [1.82, 2.24) is 20.3 Å². The van der Waals surface area contributed by atoms with E-state index in [-0.39, 0.29) is 40.5 Å². The second-order valence-corrected chi connectivity index (χ2v) is 11.9. The number of nitrogens with zero attached hydrogens (tertiary/aromatic N) is 4. The normalized spacial score (nSPS) is 17.5. The summed E-state index contributed by atoms with van der Waals surface area (Å²) in [6, 6.07) is 6.56. The number of ether oxygens (including phenoxy) is 2. The first kappa shape index (κ1) is 30.7. The molecular weight excluding hydrogens is 576 g/mol. The molecule has 1 N–H and O–H groups in total. The van der Waals surface area contributed by atoms with Crippen LogP contribution in [0.3, 0.4) is 0 Å². The summed E-state index contributed by atoms with van der Waals surface area (Å²) in [5.74, 6) is 1.39. The third-order valence-electron chi connectivity index (χ3n) is 8.75. The number of carbonyl (C=O) groups is 1. The molecule has 0 amide bonds. The fourth-order valence-electron chi connectivity index (χ4n) is 6.54. The predicted octanol–water partition coefficient (Wildman–Crippen LogP) is 6.71. The summed E-state index contributed by atoms with van der Waals surface area (Å²) in [6.45, 7) is 3.60. The number of piperazine rings is 1. The van der Waals surface area contributed by atoms with Crippen molar-refractivity contribution < 1.29 is 23.0 Å². The number of terminal acetylenes is 1. The number of methoxy groups -OCH3 is 1. The van der Waals surface area contributed by atoms with Gasteiger partial charge in [-0.1, -0.05) is 51.0 Å². The van der Waals surface area contributed by atoms with Gasteiger partial charge in [-0.2, -0.15) is 9.97 Å². The maximum atomic E-state index is 16.6. The lowest BCUT2D eigenvalue weighted by atomic mass is 9.95. The first-order valence-electron chi connectivity index (χ1n) is 15.7. The number of nitrogens with one attached hydrogen (secondary N) is 1. The van der Waals surface area contributed by atoms with Gasteiger partial charge >= 0.3 is 12.0 Å². The number of rotatable bonds is 11. The summed E-state index contributed by atoms with van der Waals surface area (Å²) in [4.78, 5) is 28.4. The Balaban J connectivity index is 1.41. The van der Waals surface area contributed by atoms with Crippen LogP contribution in [-0.4, -0.2) is 53.2 Å². The summed E-state index contributed by atoms with van der Waals surface area (Å²) in [5.41, 5.74) is 0.0765. The molecule has 6 rings (SSSR count). The van der Waals surface area contributed by atoms with E-state index in [1.807, 2.05) is 0 Å². The Morgan fingerprint density at radius 3 is 2.58 bits per heavy atom. The fraction of sp³-hybridized carbons (Fsp3) is 0.429. The van der Waals surface area contributed by atoms with E-state index >= 15 is 4.39 Å². The lowest BCUT2D eigenvalue weighted by molar-refractivity contribution is -0.134. The number of hydrogen-bond acceptors (Lipinski definition) is 8. The summed E-state index contributed by atoms with van der Waals surface area (Å²) in [5, 5.41) is 4.81. The number of unbranched alkanes of at least 4 members (excludes halogenated alkanes) is 5. The topological polar surface area (TPSA) is 89.5 Å². The third kappa shape index (κ3) is 6.27. The van der Waals surface area contributed by atoms with Gasteiger partial charge in [0.2, 0.25) is 0 Å². The van der Waals surface area contributed by atoms with E-state index in [2.05, 4.69) is 38.0 Å². The number of pyridine rings is 1. The Hall–Kier alpha value is -4.36. The van der Waals surface area contributed by atoms with E-state index in [9.17, 15) is 9.18 Å². The summed E-state index contributed by atoms with van der Waals surface area (Å²) in [7, 11) is 1.44. The zero-order chi connectivity index (χ0) is 31.5. The van der Waals surface area contributed by atoms with Crippen LogP contribution in [-0.2, 0) is 4.79 Å². The van der Waals surface area contributed by atoms with Crippen molar-refractivity contribution in [2.45, 2.75) is 76.8 Å². The monoisotopic (exact) mass is 613 g/mol. The van der Waals surface area contributed by atoms with Crippen LogP contribution in [0.1, 0.15) is 70.3 Å². The number of esters is 1. The molecule has 45 heavy (non-hydrogen) atoms. The van der Waals surface area contributed by atoms with E-state index in [4.69, 9.17) is 15.9 Å². The van der Waals surface area contributed by atoms with Crippen LogP contribution in [0.4, 0.5) is 14.6 Å². The van der Waals surface area contributed by atoms with Gasteiger partial charge in [0.25, 0.3) is 0 Å². The molecule has 0 aliphatic carbocycles. The highest BCUT2D eigenvalue weighted by molar-refractivity contribution is 6.03. The van der Waals surface area contributed by atoms with Crippen molar-refractivity contribution in [3.8, 4) is 35.4 Å². The van der Waals surface area contributed by atoms with Gasteiger partial charge in [-0.3, -0.25) is 9.78 Å². The van der Waals surface area contributed by atoms with Crippen molar-refractivity contribution >= 4 is 33.5 Å². The number of hydrogen-bond donors (Lipinski definition) is 1. The molecule has 2 fully saturated rings. The molecule has 0 spiro atoms. The molecular formula is C35H37F2N5O3. The maximum Gasteiger partial charge on any atom is 0.318 e. The Bertz CT molecular complexity index is 1780. The minimum Gasteiger partial charge on any atom is -0.467 e. The van der Waals surface area contributed by atoms with Gasteiger partial charge in [0.15, 0.2) is 5.82 Å². The van der Waals surface area contributed by atoms with E-state index in [0.717, 1.165) is 58.0 Å². The predicted molar refractivity (Wildman–Crippen MR) is 170 cm³/mol. The van der Waals surface area contributed by atoms with Gasteiger partial charge in [-0.05, 0) is 42.8 Å².